The van der Waals surface area contributed by atoms with Crippen LogP contribution < -0.4 is 0 Å². The molecule has 1 heteroatoms. The highest BCUT2D eigenvalue weighted by Crippen LogP contribution is 2.15. The molecule has 0 unspecified atom stereocenters. The Morgan fingerprint density at radius 3 is 0.889 bits per heavy atom. The molecular weight excluding hydrogens is 128 g/mol. The Kier molecular flexibility index (Phi) is 8.67. The lowest BCUT2D eigenvalue weighted by molar-refractivity contribution is 0.504. The minimum atomic E-state index is 1.50. The van der Waals surface area contributed by atoms with Crippen LogP contribution >= 0.6 is 11.8 Å². The molecule has 1 fully saturated rings. The predicted octanol–water partition coefficient (Wildman–Crippen LogP) is 3.32. The first-order chi connectivity index (χ1) is 4.41. The third-order valence-electron chi connectivity index (χ3n) is 1.50. The summed E-state index contributed by atoms with van der Waals surface area (Å²) >= 11 is 1.75. The van der Waals surface area contributed by atoms with Crippen LogP contribution in [0.5, 0.6) is 0 Å². The Morgan fingerprint density at radius 1 is 0.667 bits per heavy atom. The normalized spacial score (nSPS) is 18.0. The predicted molar refractivity (Wildman–Crippen MR) is 47.1 cm³/mol. The Hall–Kier alpha value is 0.350. The molecule has 0 aromatic rings. The second-order valence-electron chi connectivity index (χ2n) is 2.53. The summed E-state index contributed by atoms with van der Waals surface area (Å²) in [4.78, 5) is 0. The zero-order valence-electron chi connectivity index (χ0n) is 6.65. The van der Waals surface area contributed by atoms with Gasteiger partial charge in [0, 0.05) is 0 Å². The number of rotatable bonds is 0. The zero-order chi connectivity index (χ0) is 6.95. The summed E-state index contributed by atoms with van der Waals surface area (Å²) < 4.78 is 0. The molecule has 0 atom stereocenters. The van der Waals surface area contributed by atoms with Crippen molar-refractivity contribution in [2.75, 3.05) is 12.5 Å². The van der Waals surface area contributed by atoms with E-state index in [0.717, 1.165) is 0 Å². The Balaban J connectivity index is 0.000000187. The summed E-state index contributed by atoms with van der Waals surface area (Å²) in [6, 6.07) is 0. The molecular formula is C8H18S. The van der Waals surface area contributed by atoms with Crippen molar-refractivity contribution < 1.29 is 0 Å². The summed E-state index contributed by atoms with van der Waals surface area (Å²) in [7, 11) is 0. The van der Waals surface area contributed by atoms with Crippen LogP contribution in [0.1, 0.15) is 38.5 Å². The molecule has 0 aromatic carbocycles. The third kappa shape index (κ3) is 8.35. The molecule has 1 rings (SSSR count). The van der Waals surface area contributed by atoms with Gasteiger partial charge in [-0.3, -0.25) is 0 Å². The van der Waals surface area contributed by atoms with Crippen LogP contribution in [0, 0.1) is 0 Å². The highest BCUT2D eigenvalue weighted by atomic mass is 32.2. The smallest absolute Gasteiger partial charge is 0.0187 e. The third-order valence-corrected chi connectivity index (χ3v) is 1.50. The summed E-state index contributed by atoms with van der Waals surface area (Å²) in [5, 5.41) is 0. The number of hydrogen-bond donors (Lipinski definition) is 0. The van der Waals surface area contributed by atoms with Gasteiger partial charge in [-0.1, -0.05) is 38.5 Å². The van der Waals surface area contributed by atoms with Crippen LogP contribution in [-0.2, 0) is 0 Å². The Labute approximate surface area is 63.4 Å². The lowest BCUT2D eigenvalue weighted by atomic mass is 10.0. The minimum Gasteiger partial charge on any atom is -0.169 e. The van der Waals surface area contributed by atoms with Crippen molar-refractivity contribution in [2.45, 2.75) is 38.5 Å². The van der Waals surface area contributed by atoms with Gasteiger partial charge in [0.25, 0.3) is 0 Å². The van der Waals surface area contributed by atoms with Gasteiger partial charge in [0.1, 0.15) is 0 Å². The largest absolute Gasteiger partial charge is 0.169 e. The van der Waals surface area contributed by atoms with E-state index in [0.29, 0.717) is 0 Å². The van der Waals surface area contributed by atoms with Crippen LogP contribution in [0.4, 0.5) is 0 Å². The van der Waals surface area contributed by atoms with Crippen molar-refractivity contribution in [3.05, 3.63) is 0 Å². The molecule has 0 bridgehead atoms. The van der Waals surface area contributed by atoms with E-state index >= 15 is 0 Å². The molecule has 0 spiro atoms. The van der Waals surface area contributed by atoms with Gasteiger partial charge in [-0.05, 0) is 12.5 Å². The van der Waals surface area contributed by atoms with Crippen LogP contribution in [0.25, 0.3) is 0 Å². The van der Waals surface area contributed by atoms with Crippen LogP contribution in [0.2, 0.25) is 0 Å². The molecule has 1 aliphatic carbocycles. The van der Waals surface area contributed by atoms with Crippen LogP contribution in [-0.4, -0.2) is 12.5 Å². The van der Waals surface area contributed by atoms with Gasteiger partial charge < -0.3 is 0 Å². The van der Waals surface area contributed by atoms with Crippen molar-refractivity contribution in [1.82, 2.24) is 0 Å². The fourth-order valence-electron chi connectivity index (χ4n) is 1.06. The molecule has 1 saturated carbocycles. The van der Waals surface area contributed by atoms with Crippen LogP contribution in [0.15, 0.2) is 0 Å². The van der Waals surface area contributed by atoms with Crippen molar-refractivity contribution in [2.24, 2.45) is 0 Å². The van der Waals surface area contributed by atoms with Gasteiger partial charge in [-0.25, -0.2) is 0 Å². The molecule has 56 valence electrons. The average Bonchev–Trinajstić information content (AvgIpc) is 1.93. The van der Waals surface area contributed by atoms with Gasteiger partial charge in [0.2, 0.25) is 0 Å². The van der Waals surface area contributed by atoms with E-state index in [4.69, 9.17) is 0 Å². The van der Waals surface area contributed by atoms with Gasteiger partial charge in [0.15, 0.2) is 0 Å². The van der Waals surface area contributed by atoms with E-state index in [1.165, 1.54) is 38.5 Å². The second kappa shape index (κ2) is 8.35. The Morgan fingerprint density at radius 2 is 0.778 bits per heavy atom. The molecule has 0 saturated heterocycles. The van der Waals surface area contributed by atoms with E-state index in [1.54, 1.807) is 11.8 Å². The second-order valence-corrected chi connectivity index (χ2v) is 3.35. The number of thioether (sulfide) groups is 1. The lowest BCUT2D eigenvalue weighted by Crippen LogP contribution is -1.85. The molecule has 0 aromatic heterocycles. The van der Waals surface area contributed by atoms with E-state index in [-0.39, 0.29) is 0 Å². The van der Waals surface area contributed by atoms with Crippen molar-refractivity contribution in [3.8, 4) is 0 Å². The quantitative estimate of drug-likeness (QED) is 0.505. The van der Waals surface area contributed by atoms with Crippen LogP contribution in [0.3, 0.4) is 0 Å². The minimum absolute atomic E-state index is 1.50. The molecule has 0 N–H and O–H groups in total. The summed E-state index contributed by atoms with van der Waals surface area (Å²) in [5.41, 5.74) is 0. The highest BCUT2D eigenvalue weighted by Gasteiger charge is 1.95. The van der Waals surface area contributed by atoms with E-state index in [1.807, 2.05) is 12.5 Å². The van der Waals surface area contributed by atoms with Gasteiger partial charge in [-0.2, -0.15) is 11.8 Å². The van der Waals surface area contributed by atoms with Crippen molar-refractivity contribution in [3.63, 3.8) is 0 Å². The van der Waals surface area contributed by atoms with Gasteiger partial charge >= 0.3 is 0 Å². The molecule has 0 amide bonds. The maximum absolute atomic E-state index is 2.04. The lowest BCUT2D eigenvalue weighted by Gasteiger charge is -2.05. The van der Waals surface area contributed by atoms with Gasteiger partial charge in [-0.15, -0.1) is 0 Å². The van der Waals surface area contributed by atoms with Crippen molar-refractivity contribution in [1.29, 1.82) is 0 Å². The topological polar surface area (TPSA) is 0 Å². The highest BCUT2D eigenvalue weighted by molar-refractivity contribution is 7.97. The fourth-order valence-corrected chi connectivity index (χ4v) is 1.06. The van der Waals surface area contributed by atoms with E-state index < -0.39 is 0 Å². The summed E-state index contributed by atoms with van der Waals surface area (Å²) in [6.07, 6.45) is 13.1. The molecule has 0 nitrogen and oxygen atoms in total. The molecule has 0 radical (unpaired) electrons. The average molecular weight is 146 g/mol. The van der Waals surface area contributed by atoms with Crippen molar-refractivity contribution >= 4 is 11.8 Å². The first-order valence-corrected chi connectivity index (χ1v) is 5.45. The summed E-state index contributed by atoms with van der Waals surface area (Å²) in [6.45, 7) is 0. The fraction of sp³-hybridized carbons (Fsp3) is 1.00. The maximum Gasteiger partial charge on any atom is -0.0187 e. The standard InChI is InChI=1S/C6H12.C2H6S/c1-2-4-6-5-3-1;1-3-2/h1-6H2;1-2H3. The van der Waals surface area contributed by atoms with E-state index in [9.17, 15) is 0 Å². The molecule has 0 aliphatic heterocycles. The summed E-state index contributed by atoms with van der Waals surface area (Å²) in [5.74, 6) is 0. The maximum atomic E-state index is 2.04. The molecule has 9 heavy (non-hydrogen) atoms. The first kappa shape index (κ1) is 9.35. The molecule has 0 heterocycles. The molecule has 1 aliphatic rings. The first-order valence-electron chi connectivity index (χ1n) is 3.82. The van der Waals surface area contributed by atoms with E-state index in [2.05, 4.69) is 0 Å². The van der Waals surface area contributed by atoms with Gasteiger partial charge in [0.05, 0.1) is 0 Å². The monoisotopic (exact) mass is 146 g/mol. The number of hydrogen-bond acceptors (Lipinski definition) is 1. The SMILES string of the molecule is C1CCCCC1.CSC. The Bertz CT molecular complexity index is 28.3. The zero-order valence-corrected chi connectivity index (χ0v) is 7.47.